The minimum absolute atomic E-state index is 0.00694. The Labute approximate surface area is 52.7 Å². The van der Waals surface area contributed by atoms with Gasteiger partial charge in [-0.05, 0) is 0 Å². The SMILES string of the molecule is CCC(=O)c1cnco1. The van der Waals surface area contributed by atoms with E-state index in [-0.39, 0.29) is 5.78 Å². The number of ketones is 1. The molecule has 0 N–H and O–H groups in total. The molecule has 0 fully saturated rings. The maximum atomic E-state index is 10.7. The molecule has 3 nitrogen and oxygen atoms in total. The average Bonchev–Trinajstić information content (AvgIpc) is 2.37. The van der Waals surface area contributed by atoms with Gasteiger partial charge < -0.3 is 4.42 Å². The Bertz CT molecular complexity index is 191. The van der Waals surface area contributed by atoms with Crippen molar-refractivity contribution in [1.82, 2.24) is 4.98 Å². The Kier molecular flexibility index (Phi) is 1.63. The Morgan fingerprint density at radius 2 is 2.67 bits per heavy atom. The van der Waals surface area contributed by atoms with Crippen LogP contribution in [0, 0.1) is 0 Å². The number of aromatic nitrogens is 1. The first-order chi connectivity index (χ1) is 4.34. The van der Waals surface area contributed by atoms with Gasteiger partial charge in [0.25, 0.3) is 0 Å². The van der Waals surface area contributed by atoms with Gasteiger partial charge in [-0.3, -0.25) is 4.79 Å². The highest BCUT2D eigenvalue weighted by atomic mass is 16.3. The lowest BCUT2D eigenvalue weighted by Crippen LogP contribution is -1.92. The zero-order valence-electron chi connectivity index (χ0n) is 5.13. The lowest BCUT2D eigenvalue weighted by molar-refractivity contribution is 0.0961. The Hall–Kier alpha value is -1.12. The summed E-state index contributed by atoms with van der Waals surface area (Å²) < 4.78 is 4.73. The van der Waals surface area contributed by atoms with E-state index in [0.717, 1.165) is 0 Å². The van der Waals surface area contributed by atoms with Gasteiger partial charge >= 0.3 is 0 Å². The van der Waals surface area contributed by atoms with Gasteiger partial charge in [0.15, 0.2) is 17.9 Å². The van der Waals surface area contributed by atoms with E-state index in [9.17, 15) is 4.79 Å². The third kappa shape index (κ3) is 1.16. The number of rotatable bonds is 2. The Morgan fingerprint density at radius 3 is 3.11 bits per heavy atom. The van der Waals surface area contributed by atoms with E-state index in [0.29, 0.717) is 12.2 Å². The third-order valence-electron chi connectivity index (χ3n) is 1.03. The number of hydrogen-bond acceptors (Lipinski definition) is 3. The topological polar surface area (TPSA) is 43.1 Å². The van der Waals surface area contributed by atoms with Crippen molar-refractivity contribution in [3.63, 3.8) is 0 Å². The molecule has 0 saturated carbocycles. The van der Waals surface area contributed by atoms with Crippen LogP contribution in [0.3, 0.4) is 0 Å². The average molecular weight is 125 g/mol. The van der Waals surface area contributed by atoms with E-state index in [1.807, 2.05) is 0 Å². The van der Waals surface area contributed by atoms with E-state index < -0.39 is 0 Å². The zero-order valence-corrected chi connectivity index (χ0v) is 5.13. The van der Waals surface area contributed by atoms with E-state index in [4.69, 9.17) is 4.42 Å². The summed E-state index contributed by atoms with van der Waals surface area (Å²) in [7, 11) is 0. The van der Waals surface area contributed by atoms with Crippen LogP contribution < -0.4 is 0 Å². The predicted octanol–water partition coefficient (Wildman–Crippen LogP) is 1.27. The van der Waals surface area contributed by atoms with Crippen molar-refractivity contribution < 1.29 is 9.21 Å². The normalized spacial score (nSPS) is 9.44. The maximum Gasteiger partial charge on any atom is 0.199 e. The van der Waals surface area contributed by atoms with Crippen LogP contribution in [0.15, 0.2) is 17.0 Å². The summed E-state index contributed by atoms with van der Waals surface area (Å²) >= 11 is 0. The molecule has 0 spiro atoms. The minimum Gasteiger partial charge on any atom is -0.440 e. The second-order valence-corrected chi connectivity index (χ2v) is 1.64. The number of Topliss-reactive ketones (excluding diaryl/α,β-unsaturated/α-hetero) is 1. The van der Waals surface area contributed by atoms with E-state index in [1.54, 1.807) is 6.92 Å². The van der Waals surface area contributed by atoms with Gasteiger partial charge in [-0.15, -0.1) is 0 Å². The van der Waals surface area contributed by atoms with Gasteiger partial charge in [-0.2, -0.15) is 0 Å². The molecule has 0 bridgehead atoms. The van der Waals surface area contributed by atoms with Crippen molar-refractivity contribution in [1.29, 1.82) is 0 Å². The van der Waals surface area contributed by atoms with Crippen LogP contribution in [0.4, 0.5) is 0 Å². The van der Waals surface area contributed by atoms with Crippen LogP contribution >= 0.6 is 0 Å². The molecule has 0 atom stereocenters. The first kappa shape index (κ1) is 6.01. The molecule has 3 heteroatoms. The number of nitrogens with zero attached hydrogens (tertiary/aromatic N) is 1. The highest BCUT2D eigenvalue weighted by Crippen LogP contribution is 1.99. The van der Waals surface area contributed by atoms with Gasteiger partial charge in [0.2, 0.25) is 0 Å². The van der Waals surface area contributed by atoms with E-state index >= 15 is 0 Å². The van der Waals surface area contributed by atoms with Crippen LogP contribution in [0.5, 0.6) is 0 Å². The molecule has 9 heavy (non-hydrogen) atoms. The van der Waals surface area contributed by atoms with Crippen LogP contribution in [0.25, 0.3) is 0 Å². The molecule has 0 aliphatic rings. The molecule has 48 valence electrons. The van der Waals surface area contributed by atoms with Crippen LogP contribution in [-0.2, 0) is 0 Å². The molecule has 1 aromatic heterocycles. The van der Waals surface area contributed by atoms with Crippen molar-refractivity contribution in [2.24, 2.45) is 0 Å². The lowest BCUT2D eigenvalue weighted by Gasteiger charge is -1.84. The predicted molar refractivity (Wildman–Crippen MR) is 31.1 cm³/mol. The van der Waals surface area contributed by atoms with Crippen molar-refractivity contribution in [2.45, 2.75) is 13.3 Å². The molecule has 0 aromatic carbocycles. The van der Waals surface area contributed by atoms with Crippen molar-refractivity contribution >= 4 is 5.78 Å². The minimum atomic E-state index is -0.00694. The van der Waals surface area contributed by atoms with Crippen molar-refractivity contribution in [2.75, 3.05) is 0 Å². The van der Waals surface area contributed by atoms with Crippen LogP contribution in [0.1, 0.15) is 23.9 Å². The van der Waals surface area contributed by atoms with E-state index in [2.05, 4.69) is 4.98 Å². The maximum absolute atomic E-state index is 10.7. The van der Waals surface area contributed by atoms with Crippen LogP contribution in [0.2, 0.25) is 0 Å². The largest absolute Gasteiger partial charge is 0.440 e. The van der Waals surface area contributed by atoms with Gasteiger partial charge in [0, 0.05) is 6.42 Å². The summed E-state index contributed by atoms with van der Waals surface area (Å²) in [6.07, 6.45) is 3.14. The Balaban J connectivity index is 2.77. The fraction of sp³-hybridized carbons (Fsp3) is 0.333. The molecule has 1 heterocycles. The molecule has 0 aliphatic carbocycles. The van der Waals surface area contributed by atoms with E-state index in [1.165, 1.54) is 12.6 Å². The summed E-state index contributed by atoms with van der Waals surface area (Å²) in [5.74, 6) is 0.338. The third-order valence-corrected chi connectivity index (χ3v) is 1.03. The summed E-state index contributed by atoms with van der Waals surface area (Å²) in [6.45, 7) is 1.78. The van der Waals surface area contributed by atoms with Crippen LogP contribution in [-0.4, -0.2) is 10.8 Å². The Morgan fingerprint density at radius 1 is 1.89 bits per heavy atom. The summed E-state index contributed by atoms with van der Waals surface area (Å²) in [4.78, 5) is 14.3. The molecular formula is C6H7NO2. The van der Waals surface area contributed by atoms with Crippen molar-refractivity contribution in [3.05, 3.63) is 18.4 Å². The van der Waals surface area contributed by atoms with Crippen molar-refractivity contribution in [3.8, 4) is 0 Å². The molecule has 0 aliphatic heterocycles. The summed E-state index contributed by atoms with van der Waals surface area (Å²) in [5.41, 5.74) is 0. The molecule has 1 aromatic rings. The second-order valence-electron chi connectivity index (χ2n) is 1.64. The number of oxazole rings is 1. The second kappa shape index (κ2) is 2.44. The molecule has 0 saturated heterocycles. The standard InChI is InChI=1S/C6H7NO2/c1-2-5(8)6-3-7-4-9-6/h3-4H,2H2,1H3. The first-order valence-electron chi connectivity index (χ1n) is 2.76. The van der Waals surface area contributed by atoms with Gasteiger partial charge in [0.1, 0.15) is 0 Å². The number of hydrogen-bond donors (Lipinski definition) is 0. The molecule has 1 rings (SSSR count). The first-order valence-corrected chi connectivity index (χ1v) is 2.76. The zero-order chi connectivity index (χ0) is 6.69. The number of carbonyl (C=O) groups excluding carboxylic acids is 1. The molecule has 0 unspecified atom stereocenters. The molecule has 0 radical (unpaired) electrons. The smallest absolute Gasteiger partial charge is 0.199 e. The monoisotopic (exact) mass is 125 g/mol. The quantitative estimate of drug-likeness (QED) is 0.559. The fourth-order valence-corrected chi connectivity index (χ4v) is 0.528. The van der Waals surface area contributed by atoms with Gasteiger partial charge in [0.05, 0.1) is 6.20 Å². The summed E-state index contributed by atoms with van der Waals surface area (Å²) in [6, 6.07) is 0. The molecular weight excluding hydrogens is 118 g/mol. The lowest BCUT2D eigenvalue weighted by atomic mass is 10.3. The molecule has 0 amide bonds. The summed E-state index contributed by atoms with van der Waals surface area (Å²) in [5, 5.41) is 0. The fourth-order valence-electron chi connectivity index (χ4n) is 0.528. The van der Waals surface area contributed by atoms with Gasteiger partial charge in [-0.25, -0.2) is 4.98 Å². The number of carbonyl (C=O) groups is 1. The highest BCUT2D eigenvalue weighted by Gasteiger charge is 2.04. The van der Waals surface area contributed by atoms with Gasteiger partial charge in [-0.1, -0.05) is 6.92 Å². The highest BCUT2D eigenvalue weighted by molar-refractivity contribution is 5.92.